The van der Waals surface area contributed by atoms with Crippen molar-refractivity contribution in [3.05, 3.63) is 47.5 Å². The molecule has 2 aromatic rings. The summed E-state index contributed by atoms with van der Waals surface area (Å²) in [5, 5.41) is 0. The van der Waals surface area contributed by atoms with E-state index >= 15 is 4.39 Å². The van der Waals surface area contributed by atoms with Crippen molar-refractivity contribution in [2.45, 2.75) is 57.8 Å². The van der Waals surface area contributed by atoms with Crippen LogP contribution in [0.15, 0.2) is 30.6 Å². The molecular weight excluding hydrogens is 484 g/mol. The summed E-state index contributed by atoms with van der Waals surface area (Å²) in [7, 11) is 1.21. The molecule has 2 fully saturated rings. The van der Waals surface area contributed by atoms with Crippen LogP contribution in [-0.2, 0) is 16.1 Å². The van der Waals surface area contributed by atoms with E-state index in [4.69, 9.17) is 15.2 Å². The van der Waals surface area contributed by atoms with E-state index in [0.717, 1.165) is 11.6 Å². The molecule has 9 nitrogen and oxygen atoms in total. The first kappa shape index (κ1) is 28.2. The average Bonchev–Trinajstić information content (AvgIpc) is 2.93. The largest absolute Gasteiger partial charge is 0.489 e. The molecule has 2 N–H and O–H groups in total. The molecule has 4 rings (SSSR count). The van der Waals surface area contributed by atoms with E-state index in [2.05, 4.69) is 14.9 Å². The third kappa shape index (κ3) is 7.12. The van der Waals surface area contributed by atoms with Crippen molar-refractivity contribution in [2.24, 2.45) is 0 Å². The first-order valence-electron chi connectivity index (χ1n) is 12.6. The van der Waals surface area contributed by atoms with Crippen LogP contribution in [0.3, 0.4) is 0 Å². The number of benzene rings is 1. The van der Waals surface area contributed by atoms with Crippen LogP contribution < -0.4 is 10.5 Å². The number of nitrogen functional groups attached to an aromatic ring is 1. The molecule has 1 aromatic carbocycles. The number of nitrogens with zero attached hydrogens (tertiary/aromatic N) is 4. The van der Waals surface area contributed by atoms with Crippen molar-refractivity contribution in [2.75, 3.05) is 39.0 Å². The molecule has 3 heterocycles. The zero-order chi connectivity index (χ0) is 27.0. The summed E-state index contributed by atoms with van der Waals surface area (Å²) in [6, 6.07) is 3.67. The Bertz CT molecular complexity index is 1050. The summed E-state index contributed by atoms with van der Waals surface area (Å²) in [6.07, 6.45) is 4.21. The Morgan fingerprint density at radius 2 is 1.73 bits per heavy atom. The number of nitrogens with two attached hydrogens (primary N) is 1. The number of halogens is 2. The zero-order valence-corrected chi connectivity index (χ0v) is 21.6. The van der Waals surface area contributed by atoms with Crippen molar-refractivity contribution in [1.29, 1.82) is 0 Å². The van der Waals surface area contributed by atoms with E-state index in [1.807, 2.05) is 13.8 Å². The fourth-order valence-corrected chi connectivity index (χ4v) is 4.50. The number of aromatic nitrogens is 2. The number of piperidine rings is 2. The second-order valence-corrected chi connectivity index (χ2v) is 8.93. The van der Waals surface area contributed by atoms with Gasteiger partial charge in [-0.05, 0) is 18.2 Å². The first-order valence-corrected chi connectivity index (χ1v) is 12.6. The van der Waals surface area contributed by atoms with Gasteiger partial charge in [-0.25, -0.2) is 23.5 Å². The van der Waals surface area contributed by atoms with Crippen molar-refractivity contribution in [3.8, 4) is 5.75 Å². The summed E-state index contributed by atoms with van der Waals surface area (Å²) in [6.45, 7) is 6.16. The zero-order valence-electron chi connectivity index (χ0n) is 21.6. The molecule has 0 atom stereocenters. The molecule has 1 amide bonds. The maximum Gasteiger partial charge on any atom is 0.341 e. The Morgan fingerprint density at radius 3 is 2.32 bits per heavy atom. The molecule has 0 aliphatic carbocycles. The van der Waals surface area contributed by atoms with E-state index in [1.165, 1.54) is 19.2 Å². The lowest BCUT2D eigenvalue weighted by atomic mass is 9.90. The van der Waals surface area contributed by atoms with Crippen LogP contribution in [0.4, 0.5) is 14.7 Å². The summed E-state index contributed by atoms with van der Waals surface area (Å²) in [4.78, 5) is 36.5. The highest BCUT2D eigenvalue weighted by Gasteiger charge is 2.44. The van der Waals surface area contributed by atoms with Gasteiger partial charge in [0.1, 0.15) is 23.2 Å². The highest BCUT2D eigenvalue weighted by atomic mass is 19.1. The molecule has 2 saturated heterocycles. The number of anilines is 1. The Kier molecular flexibility index (Phi) is 9.73. The molecule has 0 radical (unpaired) electrons. The summed E-state index contributed by atoms with van der Waals surface area (Å²) < 4.78 is 39.8. The van der Waals surface area contributed by atoms with Gasteiger partial charge in [-0.1, -0.05) is 13.8 Å². The Balaban J connectivity index is 0.00000186. The van der Waals surface area contributed by atoms with E-state index in [-0.39, 0.29) is 36.2 Å². The number of esters is 1. The fraction of sp³-hybridized carbons (Fsp3) is 0.538. The minimum atomic E-state index is -1.89. The van der Waals surface area contributed by atoms with E-state index in [1.54, 1.807) is 17.3 Å². The van der Waals surface area contributed by atoms with Gasteiger partial charge in [0, 0.05) is 76.4 Å². The number of hydrogen-bond acceptors (Lipinski definition) is 8. The lowest BCUT2D eigenvalue weighted by molar-refractivity contribution is -0.149. The number of alkyl halides is 1. The monoisotopic (exact) mass is 519 g/mol. The molecule has 0 bridgehead atoms. The fourth-order valence-electron chi connectivity index (χ4n) is 4.50. The number of carbonyl (C=O) groups excluding carboxylic acids is 2. The van der Waals surface area contributed by atoms with Gasteiger partial charge in [0.05, 0.1) is 7.11 Å². The molecule has 1 aromatic heterocycles. The minimum absolute atomic E-state index is 0.00556. The predicted molar refractivity (Wildman–Crippen MR) is 134 cm³/mol. The maximum absolute atomic E-state index is 15.6. The maximum atomic E-state index is 15.6. The standard InChI is InChI=1S/C24H29F2N5O4.C2H6/c1-34-21(32)19-12-17(25)2-3-20(19)35-18-4-8-31(9-5-18)22(33)24(26)6-10-30(11-7-24)15-16-13-28-23(27)29-14-16;1-2/h2-3,12-14,18H,4-11,15H2,1H3,(H2,27,28,29);1-2H3. The van der Waals surface area contributed by atoms with Crippen molar-refractivity contribution in [1.82, 2.24) is 19.8 Å². The van der Waals surface area contributed by atoms with Crippen molar-refractivity contribution < 1.29 is 27.8 Å². The number of likely N-dealkylation sites (tertiary alicyclic amines) is 2. The summed E-state index contributed by atoms with van der Waals surface area (Å²) in [5.74, 6) is -1.31. The van der Waals surface area contributed by atoms with E-state index < -0.39 is 23.4 Å². The van der Waals surface area contributed by atoms with Gasteiger partial charge < -0.3 is 20.1 Å². The van der Waals surface area contributed by atoms with Crippen LogP contribution in [0.1, 0.15) is 55.5 Å². The van der Waals surface area contributed by atoms with Gasteiger partial charge in [-0.3, -0.25) is 9.69 Å². The SMILES string of the molecule is CC.COC(=O)c1cc(F)ccc1OC1CCN(C(=O)C2(F)CCN(Cc3cnc(N)nc3)CC2)CC1. The molecule has 11 heteroatoms. The Hall–Kier alpha value is -3.34. The summed E-state index contributed by atoms with van der Waals surface area (Å²) >= 11 is 0. The normalized spacial score (nSPS) is 17.9. The van der Waals surface area contributed by atoms with Gasteiger partial charge in [0.15, 0.2) is 5.67 Å². The lowest BCUT2D eigenvalue weighted by Crippen LogP contribution is -2.54. The van der Waals surface area contributed by atoms with Crippen LogP contribution in [-0.4, -0.2) is 76.7 Å². The minimum Gasteiger partial charge on any atom is -0.489 e. The second-order valence-electron chi connectivity index (χ2n) is 8.93. The van der Waals surface area contributed by atoms with Crippen LogP contribution in [0.5, 0.6) is 5.75 Å². The van der Waals surface area contributed by atoms with Crippen LogP contribution in [0.25, 0.3) is 0 Å². The molecule has 2 aliphatic rings. The molecule has 0 saturated carbocycles. The van der Waals surface area contributed by atoms with Gasteiger partial charge >= 0.3 is 5.97 Å². The molecule has 202 valence electrons. The lowest BCUT2D eigenvalue weighted by Gasteiger charge is -2.40. The first-order chi connectivity index (χ1) is 17.8. The molecular formula is C26H35F2N5O4. The smallest absolute Gasteiger partial charge is 0.341 e. The average molecular weight is 520 g/mol. The Morgan fingerprint density at radius 1 is 1.11 bits per heavy atom. The highest BCUT2D eigenvalue weighted by Crippen LogP contribution is 2.31. The number of carbonyl (C=O) groups is 2. The molecule has 37 heavy (non-hydrogen) atoms. The van der Waals surface area contributed by atoms with Crippen molar-refractivity contribution >= 4 is 17.8 Å². The quantitative estimate of drug-likeness (QED) is 0.579. The number of amides is 1. The van der Waals surface area contributed by atoms with Gasteiger partial charge in [-0.2, -0.15) is 0 Å². The number of ether oxygens (including phenoxy) is 2. The van der Waals surface area contributed by atoms with E-state index in [0.29, 0.717) is 45.6 Å². The van der Waals surface area contributed by atoms with Crippen LogP contribution in [0, 0.1) is 5.82 Å². The number of rotatable bonds is 6. The highest BCUT2D eigenvalue weighted by molar-refractivity contribution is 5.92. The van der Waals surface area contributed by atoms with Gasteiger partial charge in [0.2, 0.25) is 5.95 Å². The molecule has 0 unspecified atom stereocenters. The molecule has 0 spiro atoms. The third-order valence-electron chi connectivity index (χ3n) is 6.53. The predicted octanol–water partition coefficient (Wildman–Crippen LogP) is 3.38. The van der Waals surface area contributed by atoms with Crippen LogP contribution in [0.2, 0.25) is 0 Å². The van der Waals surface area contributed by atoms with Crippen LogP contribution >= 0.6 is 0 Å². The third-order valence-corrected chi connectivity index (χ3v) is 6.53. The van der Waals surface area contributed by atoms with Crippen molar-refractivity contribution in [3.63, 3.8) is 0 Å². The second kappa shape index (κ2) is 12.8. The number of hydrogen-bond donors (Lipinski definition) is 1. The number of methoxy groups -OCH3 is 1. The van der Waals surface area contributed by atoms with Gasteiger partial charge in [0.25, 0.3) is 5.91 Å². The molecule has 2 aliphatic heterocycles. The Labute approximate surface area is 216 Å². The topological polar surface area (TPSA) is 111 Å². The summed E-state index contributed by atoms with van der Waals surface area (Å²) in [5.41, 5.74) is 4.51. The van der Waals surface area contributed by atoms with E-state index in [9.17, 15) is 14.0 Å². The van der Waals surface area contributed by atoms with Gasteiger partial charge in [-0.15, -0.1) is 0 Å².